The lowest BCUT2D eigenvalue weighted by molar-refractivity contribution is -0.120. The van der Waals surface area contributed by atoms with Crippen LogP contribution < -0.4 is 5.32 Å². The van der Waals surface area contributed by atoms with Crippen molar-refractivity contribution in [1.82, 2.24) is 14.8 Å². The summed E-state index contributed by atoms with van der Waals surface area (Å²) in [5.74, 6) is 0.745. The van der Waals surface area contributed by atoms with Crippen LogP contribution in [-0.2, 0) is 17.8 Å². The minimum absolute atomic E-state index is 0.0758. The molecule has 5 nitrogen and oxygen atoms in total. The highest BCUT2D eigenvalue weighted by Crippen LogP contribution is 2.39. The second-order valence-corrected chi connectivity index (χ2v) is 8.78. The van der Waals surface area contributed by atoms with E-state index in [-0.39, 0.29) is 17.2 Å². The van der Waals surface area contributed by atoms with E-state index in [1.807, 2.05) is 12.3 Å². The van der Waals surface area contributed by atoms with Gasteiger partial charge in [-0.05, 0) is 30.7 Å². The fourth-order valence-corrected chi connectivity index (χ4v) is 4.38. The van der Waals surface area contributed by atoms with E-state index in [4.69, 9.17) is 11.6 Å². The monoisotopic (exact) mass is 372 g/mol. The fraction of sp³-hybridized carbons (Fsp3) is 0.550. The molecule has 26 heavy (non-hydrogen) atoms. The van der Waals surface area contributed by atoms with E-state index in [0.29, 0.717) is 10.8 Å². The number of hydrogen-bond acceptors (Lipinski definition) is 3. The molecule has 1 N–H and O–H groups in total. The Morgan fingerprint density at radius 3 is 2.77 bits per heavy atom. The number of aromatic nitrogens is 3. The maximum Gasteiger partial charge on any atom is 0.228 e. The van der Waals surface area contributed by atoms with Gasteiger partial charge in [-0.15, -0.1) is 0 Å². The predicted molar refractivity (Wildman–Crippen MR) is 103 cm³/mol. The summed E-state index contributed by atoms with van der Waals surface area (Å²) in [5, 5.41) is 8.10. The third-order valence-electron chi connectivity index (χ3n) is 5.55. The highest BCUT2D eigenvalue weighted by molar-refractivity contribution is 6.33. The Kier molecular flexibility index (Phi) is 4.51. The van der Waals surface area contributed by atoms with E-state index < -0.39 is 0 Å². The number of nitrogens with one attached hydrogen (secondary N) is 1. The zero-order chi connectivity index (χ0) is 18.3. The topological polar surface area (TPSA) is 59.8 Å². The average molecular weight is 373 g/mol. The minimum Gasteiger partial charge on any atom is -0.310 e. The van der Waals surface area contributed by atoms with Crippen molar-refractivity contribution in [3.05, 3.63) is 29.2 Å². The number of anilines is 1. The molecule has 4 rings (SSSR count). The lowest BCUT2D eigenvalue weighted by atomic mass is 9.88. The first-order chi connectivity index (χ1) is 12.4. The normalized spacial score (nSPS) is 19.3. The first-order valence-corrected chi connectivity index (χ1v) is 9.82. The van der Waals surface area contributed by atoms with Crippen LogP contribution in [0.1, 0.15) is 51.6 Å². The molecule has 0 saturated heterocycles. The molecule has 2 aromatic rings. The van der Waals surface area contributed by atoms with Crippen LogP contribution in [0.5, 0.6) is 0 Å². The van der Waals surface area contributed by atoms with Crippen molar-refractivity contribution in [2.75, 3.05) is 5.32 Å². The third-order valence-corrected chi connectivity index (χ3v) is 5.85. The maximum atomic E-state index is 12.5. The molecule has 2 aliphatic rings. The van der Waals surface area contributed by atoms with Crippen molar-refractivity contribution in [2.45, 2.75) is 58.9 Å². The Morgan fingerprint density at radius 2 is 2.00 bits per heavy atom. The number of amides is 1. The predicted octanol–water partition coefficient (Wildman–Crippen LogP) is 4.70. The molecule has 0 unspecified atom stereocenters. The highest BCUT2D eigenvalue weighted by atomic mass is 35.5. The van der Waals surface area contributed by atoms with Gasteiger partial charge in [0, 0.05) is 35.5 Å². The van der Waals surface area contributed by atoms with Gasteiger partial charge in [0.05, 0.1) is 11.2 Å². The molecule has 0 spiro atoms. The number of carbonyl (C=O) groups is 1. The number of halogens is 1. The molecule has 6 heteroatoms. The van der Waals surface area contributed by atoms with Gasteiger partial charge in [0.1, 0.15) is 5.82 Å². The lowest BCUT2D eigenvalue weighted by Crippen LogP contribution is -2.25. The Hall–Kier alpha value is -1.88. The molecule has 1 aliphatic heterocycles. The van der Waals surface area contributed by atoms with Crippen molar-refractivity contribution in [3.8, 4) is 11.1 Å². The first-order valence-electron chi connectivity index (χ1n) is 9.44. The number of pyridine rings is 1. The molecule has 0 aromatic carbocycles. The molecule has 138 valence electrons. The molecule has 1 aliphatic carbocycles. The van der Waals surface area contributed by atoms with Crippen molar-refractivity contribution in [2.24, 2.45) is 11.3 Å². The Labute approximate surface area is 159 Å². The van der Waals surface area contributed by atoms with Gasteiger partial charge in [-0.2, -0.15) is 5.10 Å². The quantitative estimate of drug-likeness (QED) is 0.849. The molecule has 1 fully saturated rings. The standard InChI is InChI=1S/C20H25ClN4O/c1-20(2)9-17-15(10-23-25(17)12-20)14-8-18(22-11-16(14)21)24-19(26)13-6-4-3-5-7-13/h8,10-11,13H,3-7,9,12H2,1-2H3,(H,22,24,26). The largest absolute Gasteiger partial charge is 0.310 e. The number of hydrogen-bond donors (Lipinski definition) is 1. The van der Waals surface area contributed by atoms with Gasteiger partial charge < -0.3 is 5.32 Å². The molecule has 3 heterocycles. The van der Waals surface area contributed by atoms with E-state index in [1.54, 1.807) is 6.20 Å². The van der Waals surface area contributed by atoms with Crippen molar-refractivity contribution >= 4 is 23.3 Å². The summed E-state index contributed by atoms with van der Waals surface area (Å²) in [7, 11) is 0. The number of fused-ring (bicyclic) bond motifs is 1. The van der Waals surface area contributed by atoms with Crippen LogP contribution in [0.2, 0.25) is 5.02 Å². The Balaban J connectivity index is 1.59. The number of nitrogens with zero attached hydrogens (tertiary/aromatic N) is 3. The Morgan fingerprint density at radius 1 is 1.23 bits per heavy atom. The highest BCUT2D eigenvalue weighted by Gasteiger charge is 2.32. The number of rotatable bonds is 3. The van der Waals surface area contributed by atoms with Crippen LogP contribution in [0, 0.1) is 11.3 Å². The summed E-state index contributed by atoms with van der Waals surface area (Å²) >= 11 is 6.43. The maximum absolute atomic E-state index is 12.5. The Bertz CT molecular complexity index is 836. The van der Waals surface area contributed by atoms with Gasteiger partial charge in [-0.1, -0.05) is 44.7 Å². The van der Waals surface area contributed by atoms with Crippen LogP contribution in [0.4, 0.5) is 5.82 Å². The lowest BCUT2D eigenvalue weighted by Gasteiger charge is -2.20. The van der Waals surface area contributed by atoms with Crippen molar-refractivity contribution in [3.63, 3.8) is 0 Å². The summed E-state index contributed by atoms with van der Waals surface area (Å²) in [6, 6.07) is 1.88. The third kappa shape index (κ3) is 3.37. The zero-order valence-corrected chi connectivity index (χ0v) is 16.1. The molecule has 0 radical (unpaired) electrons. The molecular formula is C20H25ClN4O. The van der Waals surface area contributed by atoms with E-state index in [2.05, 4.69) is 33.9 Å². The zero-order valence-electron chi connectivity index (χ0n) is 15.4. The smallest absolute Gasteiger partial charge is 0.228 e. The summed E-state index contributed by atoms with van der Waals surface area (Å²) < 4.78 is 2.06. The fourth-order valence-electron chi connectivity index (χ4n) is 4.18. The van der Waals surface area contributed by atoms with Gasteiger partial charge in [-0.25, -0.2) is 4.98 Å². The van der Waals surface area contributed by atoms with Crippen molar-refractivity contribution in [1.29, 1.82) is 0 Å². The van der Waals surface area contributed by atoms with Crippen LogP contribution in [0.15, 0.2) is 18.5 Å². The van der Waals surface area contributed by atoms with E-state index in [1.165, 1.54) is 12.1 Å². The summed E-state index contributed by atoms with van der Waals surface area (Å²) in [6.07, 6.45) is 9.90. The van der Waals surface area contributed by atoms with E-state index >= 15 is 0 Å². The van der Waals surface area contributed by atoms with Gasteiger partial charge in [0.15, 0.2) is 0 Å². The summed E-state index contributed by atoms with van der Waals surface area (Å²) in [5.41, 5.74) is 3.33. The first kappa shape index (κ1) is 17.5. The van der Waals surface area contributed by atoms with Gasteiger partial charge >= 0.3 is 0 Å². The summed E-state index contributed by atoms with van der Waals surface area (Å²) in [6.45, 7) is 5.40. The number of carbonyl (C=O) groups excluding carboxylic acids is 1. The second-order valence-electron chi connectivity index (χ2n) is 8.38. The molecule has 0 atom stereocenters. The summed E-state index contributed by atoms with van der Waals surface area (Å²) in [4.78, 5) is 16.8. The SMILES string of the molecule is CC1(C)Cc2c(-c3cc(NC(=O)C4CCCCC4)ncc3Cl)cnn2C1. The van der Waals surface area contributed by atoms with E-state index in [9.17, 15) is 4.79 Å². The van der Waals surface area contributed by atoms with Crippen LogP contribution in [0.3, 0.4) is 0 Å². The van der Waals surface area contributed by atoms with Gasteiger partial charge in [-0.3, -0.25) is 9.48 Å². The molecule has 0 bridgehead atoms. The average Bonchev–Trinajstić information content (AvgIpc) is 3.12. The van der Waals surface area contributed by atoms with Crippen LogP contribution in [-0.4, -0.2) is 20.7 Å². The van der Waals surface area contributed by atoms with Crippen molar-refractivity contribution < 1.29 is 4.79 Å². The van der Waals surface area contributed by atoms with E-state index in [0.717, 1.165) is 49.8 Å². The minimum atomic E-state index is 0.0758. The molecule has 2 aromatic heterocycles. The molecular weight excluding hydrogens is 348 g/mol. The molecule has 1 saturated carbocycles. The second kappa shape index (κ2) is 6.69. The molecule has 1 amide bonds. The van der Waals surface area contributed by atoms with Crippen LogP contribution in [0.25, 0.3) is 11.1 Å². The van der Waals surface area contributed by atoms with Gasteiger partial charge in [0.25, 0.3) is 0 Å². The van der Waals surface area contributed by atoms with Crippen LogP contribution >= 0.6 is 11.6 Å². The van der Waals surface area contributed by atoms with Gasteiger partial charge in [0.2, 0.25) is 5.91 Å².